The van der Waals surface area contributed by atoms with Crippen LogP contribution < -0.4 is 10.5 Å². The molecule has 0 bridgehead atoms. The van der Waals surface area contributed by atoms with Crippen molar-refractivity contribution >= 4 is 0 Å². The maximum atomic E-state index is 6.19. The lowest BCUT2D eigenvalue weighted by Crippen LogP contribution is -2.22. The highest BCUT2D eigenvalue weighted by atomic mass is 16.5. The Morgan fingerprint density at radius 3 is 3.20 bits per heavy atom. The quantitative estimate of drug-likeness (QED) is 0.809. The molecule has 2 N–H and O–H groups in total. The summed E-state index contributed by atoms with van der Waals surface area (Å²) in [5.41, 5.74) is 7.21. The van der Waals surface area contributed by atoms with Crippen molar-refractivity contribution < 1.29 is 9.47 Å². The van der Waals surface area contributed by atoms with Gasteiger partial charge in [0.15, 0.2) is 0 Å². The number of hydrogen-bond donors (Lipinski definition) is 1. The van der Waals surface area contributed by atoms with Gasteiger partial charge in [-0.2, -0.15) is 0 Å². The molecule has 15 heavy (non-hydrogen) atoms. The molecular formula is C11H16N2O2. The summed E-state index contributed by atoms with van der Waals surface area (Å²) < 4.78 is 10.6. The van der Waals surface area contributed by atoms with Gasteiger partial charge in [0, 0.05) is 30.3 Å². The highest BCUT2D eigenvalue weighted by Gasteiger charge is 2.25. The van der Waals surface area contributed by atoms with Crippen LogP contribution in [0.5, 0.6) is 5.75 Å². The van der Waals surface area contributed by atoms with Crippen molar-refractivity contribution in [2.24, 2.45) is 11.7 Å². The van der Waals surface area contributed by atoms with E-state index in [1.54, 1.807) is 19.5 Å². The van der Waals surface area contributed by atoms with Crippen molar-refractivity contribution in [3.63, 3.8) is 0 Å². The van der Waals surface area contributed by atoms with Crippen LogP contribution in [0.15, 0.2) is 18.5 Å². The SMILES string of the molecule is COc1cnccc1C(N)C1CCOC1. The van der Waals surface area contributed by atoms with Gasteiger partial charge in [-0.05, 0) is 12.5 Å². The second-order valence-electron chi connectivity index (χ2n) is 3.77. The lowest BCUT2D eigenvalue weighted by molar-refractivity contribution is 0.180. The predicted molar refractivity (Wildman–Crippen MR) is 56.6 cm³/mol. The fraction of sp³-hybridized carbons (Fsp3) is 0.545. The summed E-state index contributed by atoms with van der Waals surface area (Å²) in [6.07, 6.45) is 4.46. The van der Waals surface area contributed by atoms with Crippen molar-refractivity contribution in [2.45, 2.75) is 12.5 Å². The van der Waals surface area contributed by atoms with Crippen molar-refractivity contribution in [3.05, 3.63) is 24.0 Å². The molecule has 1 aliphatic rings. The number of hydrogen-bond acceptors (Lipinski definition) is 4. The van der Waals surface area contributed by atoms with Crippen LogP contribution in [-0.4, -0.2) is 25.3 Å². The summed E-state index contributed by atoms with van der Waals surface area (Å²) in [4.78, 5) is 4.01. The lowest BCUT2D eigenvalue weighted by atomic mass is 9.93. The van der Waals surface area contributed by atoms with E-state index in [1.165, 1.54) is 0 Å². The molecule has 1 saturated heterocycles. The van der Waals surface area contributed by atoms with E-state index in [0.29, 0.717) is 5.92 Å². The van der Waals surface area contributed by atoms with E-state index < -0.39 is 0 Å². The Balaban J connectivity index is 2.19. The maximum Gasteiger partial charge on any atom is 0.141 e. The number of methoxy groups -OCH3 is 1. The average Bonchev–Trinajstić information content (AvgIpc) is 2.81. The Hall–Kier alpha value is -1.13. The number of ether oxygens (including phenoxy) is 2. The topological polar surface area (TPSA) is 57.4 Å². The van der Waals surface area contributed by atoms with Gasteiger partial charge in [0.05, 0.1) is 19.9 Å². The number of rotatable bonds is 3. The molecule has 0 aliphatic carbocycles. The molecule has 2 unspecified atom stereocenters. The molecule has 2 rings (SSSR count). The Bertz CT molecular complexity index is 324. The first kappa shape index (κ1) is 10.4. The van der Waals surface area contributed by atoms with E-state index in [4.69, 9.17) is 15.2 Å². The molecule has 1 aromatic rings. The fourth-order valence-corrected chi connectivity index (χ4v) is 1.93. The zero-order valence-electron chi connectivity index (χ0n) is 8.85. The third-order valence-corrected chi connectivity index (χ3v) is 2.87. The van der Waals surface area contributed by atoms with E-state index in [9.17, 15) is 0 Å². The average molecular weight is 208 g/mol. The second-order valence-corrected chi connectivity index (χ2v) is 3.77. The molecule has 2 heterocycles. The summed E-state index contributed by atoms with van der Waals surface area (Å²) in [7, 11) is 1.64. The minimum atomic E-state index is -0.0227. The van der Waals surface area contributed by atoms with Gasteiger partial charge in [0.1, 0.15) is 5.75 Å². The highest BCUT2D eigenvalue weighted by Crippen LogP contribution is 2.31. The van der Waals surface area contributed by atoms with Crippen LogP contribution in [0.1, 0.15) is 18.0 Å². The van der Waals surface area contributed by atoms with E-state index in [-0.39, 0.29) is 6.04 Å². The third-order valence-electron chi connectivity index (χ3n) is 2.87. The monoisotopic (exact) mass is 208 g/mol. The zero-order chi connectivity index (χ0) is 10.7. The molecule has 1 aliphatic heterocycles. The van der Waals surface area contributed by atoms with Gasteiger partial charge >= 0.3 is 0 Å². The van der Waals surface area contributed by atoms with E-state index >= 15 is 0 Å². The van der Waals surface area contributed by atoms with Gasteiger partial charge in [0.2, 0.25) is 0 Å². The molecule has 82 valence electrons. The molecule has 2 atom stereocenters. The summed E-state index contributed by atoms with van der Waals surface area (Å²) in [5, 5.41) is 0. The first-order valence-corrected chi connectivity index (χ1v) is 5.14. The van der Waals surface area contributed by atoms with Crippen LogP contribution in [0.2, 0.25) is 0 Å². The fourth-order valence-electron chi connectivity index (χ4n) is 1.93. The van der Waals surface area contributed by atoms with E-state index in [1.807, 2.05) is 6.07 Å². The van der Waals surface area contributed by atoms with E-state index in [0.717, 1.165) is 30.9 Å². The van der Waals surface area contributed by atoms with Gasteiger partial charge in [-0.3, -0.25) is 4.98 Å². The summed E-state index contributed by atoms with van der Waals surface area (Å²) >= 11 is 0. The van der Waals surface area contributed by atoms with Gasteiger partial charge in [-0.25, -0.2) is 0 Å². The van der Waals surface area contributed by atoms with Crippen LogP contribution in [0, 0.1) is 5.92 Å². The molecule has 0 radical (unpaired) electrons. The van der Waals surface area contributed by atoms with Crippen LogP contribution in [0.4, 0.5) is 0 Å². The van der Waals surface area contributed by atoms with Gasteiger partial charge in [-0.15, -0.1) is 0 Å². The number of nitrogens with two attached hydrogens (primary N) is 1. The largest absolute Gasteiger partial charge is 0.495 e. The maximum absolute atomic E-state index is 6.19. The first-order chi connectivity index (χ1) is 7.33. The first-order valence-electron chi connectivity index (χ1n) is 5.14. The van der Waals surface area contributed by atoms with Gasteiger partial charge < -0.3 is 15.2 Å². The minimum Gasteiger partial charge on any atom is -0.495 e. The Kier molecular flexibility index (Phi) is 3.18. The second kappa shape index (κ2) is 4.59. The van der Waals surface area contributed by atoms with Gasteiger partial charge in [-0.1, -0.05) is 0 Å². The van der Waals surface area contributed by atoms with Gasteiger partial charge in [0.25, 0.3) is 0 Å². The normalized spacial score (nSPS) is 22.7. The Morgan fingerprint density at radius 1 is 1.67 bits per heavy atom. The predicted octanol–water partition coefficient (Wildman–Crippen LogP) is 1.13. The molecule has 0 amide bonds. The van der Waals surface area contributed by atoms with Crippen molar-refractivity contribution in [3.8, 4) is 5.75 Å². The van der Waals surface area contributed by atoms with Crippen LogP contribution in [0.3, 0.4) is 0 Å². The molecule has 0 aromatic carbocycles. The van der Waals surface area contributed by atoms with Crippen LogP contribution in [-0.2, 0) is 4.74 Å². The number of nitrogens with zero attached hydrogens (tertiary/aromatic N) is 1. The van der Waals surface area contributed by atoms with Crippen LogP contribution >= 0.6 is 0 Å². The summed E-state index contributed by atoms with van der Waals surface area (Å²) in [5.74, 6) is 1.15. The molecular weight excluding hydrogens is 192 g/mol. The standard InChI is InChI=1S/C11H16N2O2/c1-14-10-6-13-4-2-9(10)11(12)8-3-5-15-7-8/h2,4,6,8,11H,3,5,7,12H2,1H3. The molecule has 1 aromatic heterocycles. The lowest BCUT2D eigenvalue weighted by Gasteiger charge is -2.19. The van der Waals surface area contributed by atoms with Crippen molar-refractivity contribution in [1.29, 1.82) is 0 Å². The Morgan fingerprint density at radius 2 is 2.53 bits per heavy atom. The molecule has 0 saturated carbocycles. The zero-order valence-corrected chi connectivity index (χ0v) is 8.85. The summed E-state index contributed by atoms with van der Waals surface area (Å²) in [6.45, 7) is 1.55. The van der Waals surface area contributed by atoms with E-state index in [2.05, 4.69) is 4.98 Å². The molecule has 4 nitrogen and oxygen atoms in total. The highest BCUT2D eigenvalue weighted by molar-refractivity contribution is 5.33. The molecule has 0 spiro atoms. The van der Waals surface area contributed by atoms with Crippen molar-refractivity contribution in [2.75, 3.05) is 20.3 Å². The number of aromatic nitrogens is 1. The Labute approximate surface area is 89.4 Å². The smallest absolute Gasteiger partial charge is 0.141 e. The third kappa shape index (κ3) is 2.11. The molecule has 1 fully saturated rings. The van der Waals surface area contributed by atoms with Crippen molar-refractivity contribution in [1.82, 2.24) is 4.98 Å². The van der Waals surface area contributed by atoms with Crippen LogP contribution in [0.25, 0.3) is 0 Å². The number of pyridine rings is 1. The minimum absolute atomic E-state index is 0.0227. The summed E-state index contributed by atoms with van der Waals surface area (Å²) in [6, 6.07) is 1.90. The molecule has 4 heteroatoms.